The molecular weight excluding hydrogens is 312 g/mol. The molecule has 118 valence electrons. The highest BCUT2D eigenvalue weighted by molar-refractivity contribution is 7.92. The lowest BCUT2D eigenvalue weighted by atomic mass is 10.2. The van der Waals surface area contributed by atoms with Crippen molar-refractivity contribution < 1.29 is 13.2 Å². The molecule has 2 rings (SSSR count). The predicted molar refractivity (Wildman–Crippen MR) is 85.8 cm³/mol. The highest BCUT2D eigenvalue weighted by atomic mass is 35.5. The van der Waals surface area contributed by atoms with Crippen LogP contribution in [0.1, 0.15) is 24.8 Å². The van der Waals surface area contributed by atoms with Crippen molar-refractivity contribution in [1.29, 1.82) is 0 Å². The Bertz CT molecular complexity index is 600. The van der Waals surface area contributed by atoms with Gasteiger partial charge in [-0.2, -0.15) is 0 Å². The van der Waals surface area contributed by atoms with E-state index in [2.05, 4.69) is 10.0 Å². The zero-order chi connectivity index (χ0) is 15.5. The van der Waals surface area contributed by atoms with Crippen molar-refractivity contribution in [2.24, 2.45) is 0 Å². The molecule has 1 aromatic rings. The first-order chi connectivity index (χ1) is 9.91. The normalized spacial score (nSPS) is 15.0. The summed E-state index contributed by atoms with van der Waals surface area (Å²) >= 11 is 6.01. The zero-order valence-electron chi connectivity index (χ0n) is 12.3. The van der Waals surface area contributed by atoms with E-state index in [-0.39, 0.29) is 5.75 Å². The molecule has 0 aromatic heterocycles. The van der Waals surface area contributed by atoms with Crippen molar-refractivity contribution >= 4 is 27.3 Å². The van der Waals surface area contributed by atoms with Gasteiger partial charge in [0, 0.05) is 17.1 Å². The van der Waals surface area contributed by atoms with Crippen LogP contribution in [0.25, 0.3) is 0 Å². The second-order valence-electron chi connectivity index (χ2n) is 5.30. The van der Waals surface area contributed by atoms with Crippen molar-refractivity contribution in [2.45, 2.75) is 32.2 Å². The van der Waals surface area contributed by atoms with Crippen molar-refractivity contribution in [3.63, 3.8) is 0 Å². The molecule has 0 spiro atoms. The molecule has 1 saturated carbocycles. The summed E-state index contributed by atoms with van der Waals surface area (Å²) in [6, 6.07) is 3.89. The summed E-state index contributed by atoms with van der Waals surface area (Å²) in [5.74, 6) is 0.502. The first-order valence-electron chi connectivity index (χ1n) is 6.99. The lowest BCUT2D eigenvalue weighted by Gasteiger charge is -2.13. The molecule has 0 saturated heterocycles. The van der Waals surface area contributed by atoms with Gasteiger partial charge in [-0.05, 0) is 44.4 Å². The second-order valence-corrected chi connectivity index (χ2v) is 7.55. The Morgan fingerprint density at radius 3 is 2.71 bits per heavy atom. The molecule has 1 aliphatic rings. The molecule has 0 atom stereocenters. The Morgan fingerprint density at radius 1 is 1.38 bits per heavy atom. The minimum absolute atomic E-state index is 0.0809. The summed E-state index contributed by atoms with van der Waals surface area (Å²) < 4.78 is 31.9. The third-order valence-corrected chi connectivity index (χ3v) is 5.11. The van der Waals surface area contributed by atoms with Crippen LogP contribution in [-0.4, -0.2) is 33.9 Å². The average molecular weight is 333 g/mol. The molecule has 0 aliphatic heterocycles. The summed E-state index contributed by atoms with van der Waals surface area (Å²) in [6.45, 7) is 2.54. The van der Waals surface area contributed by atoms with E-state index in [9.17, 15) is 8.42 Å². The van der Waals surface area contributed by atoms with Crippen LogP contribution in [0.2, 0.25) is 5.02 Å². The molecular formula is C14H21ClN2O3S. The van der Waals surface area contributed by atoms with Crippen molar-refractivity contribution in [3.8, 4) is 5.75 Å². The molecule has 0 radical (unpaired) electrons. The van der Waals surface area contributed by atoms with Crippen molar-refractivity contribution in [2.75, 3.05) is 24.1 Å². The van der Waals surface area contributed by atoms with E-state index < -0.39 is 10.0 Å². The maximum absolute atomic E-state index is 12.1. The number of anilines is 1. The maximum Gasteiger partial charge on any atom is 0.232 e. The van der Waals surface area contributed by atoms with Gasteiger partial charge in [0.1, 0.15) is 5.75 Å². The fourth-order valence-electron chi connectivity index (χ4n) is 1.99. The predicted octanol–water partition coefficient (Wildman–Crippen LogP) is 2.54. The number of hydrogen-bond donors (Lipinski definition) is 2. The molecule has 1 aromatic carbocycles. The lowest BCUT2D eigenvalue weighted by molar-refractivity contribution is 0.417. The molecule has 7 heteroatoms. The Morgan fingerprint density at radius 2 is 2.10 bits per heavy atom. The molecule has 1 aliphatic carbocycles. The summed E-state index contributed by atoms with van der Waals surface area (Å²) in [5, 5.41) is 3.84. The van der Waals surface area contributed by atoms with Gasteiger partial charge in [-0.1, -0.05) is 11.6 Å². The number of aryl methyl sites for hydroxylation is 1. The molecule has 0 amide bonds. The number of nitrogens with one attached hydrogen (secondary N) is 2. The second kappa shape index (κ2) is 6.85. The number of ether oxygens (including phenoxy) is 1. The molecule has 0 bridgehead atoms. The molecule has 0 unspecified atom stereocenters. The van der Waals surface area contributed by atoms with Gasteiger partial charge in [0.15, 0.2) is 0 Å². The highest BCUT2D eigenvalue weighted by Crippen LogP contribution is 2.31. The number of methoxy groups -OCH3 is 1. The summed E-state index contributed by atoms with van der Waals surface area (Å²) in [7, 11) is -1.90. The van der Waals surface area contributed by atoms with Gasteiger partial charge in [-0.15, -0.1) is 0 Å². The van der Waals surface area contributed by atoms with Crippen LogP contribution >= 0.6 is 11.6 Å². The monoisotopic (exact) mass is 332 g/mol. The minimum atomic E-state index is -3.39. The lowest BCUT2D eigenvalue weighted by Crippen LogP contribution is -2.23. The largest absolute Gasteiger partial charge is 0.495 e. The Labute approximate surface area is 131 Å². The molecule has 21 heavy (non-hydrogen) atoms. The topological polar surface area (TPSA) is 67.4 Å². The van der Waals surface area contributed by atoms with Gasteiger partial charge in [-0.25, -0.2) is 8.42 Å². The van der Waals surface area contributed by atoms with E-state index in [0.29, 0.717) is 28.9 Å². The van der Waals surface area contributed by atoms with Gasteiger partial charge in [0.25, 0.3) is 0 Å². The van der Waals surface area contributed by atoms with Crippen molar-refractivity contribution in [3.05, 3.63) is 22.7 Å². The van der Waals surface area contributed by atoms with Crippen LogP contribution < -0.4 is 14.8 Å². The average Bonchev–Trinajstić information content (AvgIpc) is 3.22. The quantitative estimate of drug-likeness (QED) is 0.718. The fraction of sp³-hybridized carbons (Fsp3) is 0.571. The molecule has 0 heterocycles. The molecule has 1 fully saturated rings. The van der Waals surface area contributed by atoms with Crippen LogP contribution in [0.5, 0.6) is 5.75 Å². The highest BCUT2D eigenvalue weighted by Gasteiger charge is 2.20. The third kappa shape index (κ3) is 5.05. The minimum Gasteiger partial charge on any atom is -0.495 e. The van der Waals surface area contributed by atoms with Gasteiger partial charge in [-0.3, -0.25) is 4.72 Å². The number of halogens is 1. The van der Waals surface area contributed by atoms with E-state index in [1.54, 1.807) is 12.1 Å². The first kappa shape index (κ1) is 16.4. The SMILES string of the molecule is COc1cc(Cl)c(C)cc1NS(=O)(=O)CCCNC1CC1. The maximum atomic E-state index is 12.1. The number of hydrogen-bond acceptors (Lipinski definition) is 4. The van der Waals surface area contributed by atoms with Crippen LogP contribution in [0, 0.1) is 6.92 Å². The standard InChI is InChI=1S/C14H21ClN2O3S/c1-10-8-13(14(20-2)9-12(10)15)17-21(18,19)7-3-6-16-11-4-5-11/h8-9,11,16-17H,3-7H2,1-2H3. The molecule has 5 nitrogen and oxygen atoms in total. The van der Waals surface area contributed by atoms with E-state index in [1.165, 1.54) is 20.0 Å². The van der Waals surface area contributed by atoms with E-state index >= 15 is 0 Å². The van der Waals surface area contributed by atoms with E-state index in [4.69, 9.17) is 16.3 Å². The Kier molecular flexibility index (Phi) is 5.35. The van der Waals surface area contributed by atoms with Crippen LogP contribution in [0.4, 0.5) is 5.69 Å². The van der Waals surface area contributed by atoms with E-state index in [0.717, 1.165) is 12.1 Å². The van der Waals surface area contributed by atoms with Gasteiger partial charge < -0.3 is 10.1 Å². The van der Waals surface area contributed by atoms with Gasteiger partial charge in [0.05, 0.1) is 18.6 Å². The third-order valence-electron chi connectivity index (χ3n) is 3.35. The summed E-state index contributed by atoms with van der Waals surface area (Å²) in [4.78, 5) is 0. The van der Waals surface area contributed by atoms with Crippen molar-refractivity contribution in [1.82, 2.24) is 5.32 Å². The van der Waals surface area contributed by atoms with Crippen LogP contribution in [-0.2, 0) is 10.0 Å². The first-order valence-corrected chi connectivity index (χ1v) is 9.02. The zero-order valence-corrected chi connectivity index (χ0v) is 13.9. The molecule has 2 N–H and O–H groups in total. The summed E-state index contributed by atoms with van der Waals surface area (Å²) in [5.41, 5.74) is 1.22. The number of benzene rings is 1. The van der Waals surface area contributed by atoms with Gasteiger partial charge >= 0.3 is 0 Å². The van der Waals surface area contributed by atoms with Crippen LogP contribution in [0.15, 0.2) is 12.1 Å². The Hall–Kier alpha value is -0.980. The number of rotatable bonds is 8. The Balaban J connectivity index is 1.96. The smallest absolute Gasteiger partial charge is 0.232 e. The van der Waals surface area contributed by atoms with Gasteiger partial charge in [0.2, 0.25) is 10.0 Å². The summed E-state index contributed by atoms with van der Waals surface area (Å²) in [6.07, 6.45) is 2.99. The van der Waals surface area contributed by atoms with Crippen LogP contribution in [0.3, 0.4) is 0 Å². The van der Waals surface area contributed by atoms with E-state index in [1.807, 2.05) is 6.92 Å². The fourth-order valence-corrected chi connectivity index (χ4v) is 3.26. The number of sulfonamides is 1.